The fourth-order valence-electron chi connectivity index (χ4n) is 13.8. The fraction of sp³-hybridized carbons (Fsp3) is 1.00. The normalized spacial score (nSPS) is 42.2. The average molecular weight is 1650 g/mol. The summed E-state index contributed by atoms with van der Waals surface area (Å²) in [6.07, 6.45) is -73.4. The van der Waals surface area contributed by atoms with E-state index >= 15 is 0 Å². The van der Waals surface area contributed by atoms with Gasteiger partial charge in [0.1, 0.15) is 171 Å². The fourth-order valence-corrected chi connectivity index (χ4v) is 13.8. The van der Waals surface area contributed by atoms with Gasteiger partial charge in [0.25, 0.3) is 0 Å². The van der Waals surface area contributed by atoms with Crippen molar-refractivity contribution in [2.45, 2.75) is 257 Å². The summed E-state index contributed by atoms with van der Waals surface area (Å²) in [5.74, 6) is 0. The molecule has 0 radical (unpaired) electrons. The highest BCUT2D eigenvalue weighted by Gasteiger charge is 2.60. The molecular weight excluding hydrogens is 1530 g/mol. The van der Waals surface area contributed by atoms with Gasteiger partial charge in [-0.3, -0.25) is 0 Å². The number of ether oxygens (including phenoxy) is 14. The van der Waals surface area contributed by atoms with Gasteiger partial charge in [0.15, 0.2) is 44.0 Å². The van der Waals surface area contributed by atoms with Crippen LogP contribution in [-0.2, 0) is 66.3 Å². The third-order valence-corrected chi connectivity index (χ3v) is 20.9. The highest BCUT2D eigenvalue weighted by atomic mass is 16.8. The summed E-state index contributed by atoms with van der Waals surface area (Å²) in [5.41, 5.74) is 0. The molecule has 0 saturated carbocycles. The first kappa shape index (κ1) is 95.5. The monoisotopic (exact) mass is 1650 g/mol. The van der Waals surface area contributed by atoms with E-state index in [-0.39, 0.29) is 0 Å². The van der Waals surface area contributed by atoms with Crippen LogP contribution in [0.3, 0.4) is 0 Å². The lowest BCUT2D eigenvalue weighted by Gasteiger charge is -2.50. The van der Waals surface area contributed by atoms with Gasteiger partial charge in [0.2, 0.25) is 0 Å². The molecule has 21 aliphatic heterocycles. The zero-order valence-corrected chi connectivity index (χ0v) is 60.8. The van der Waals surface area contributed by atoms with Crippen LogP contribution in [-0.4, -0.2) is 539 Å². The van der Waals surface area contributed by atoms with Crippen molar-refractivity contribution in [3.8, 4) is 0 Å². The maximum absolute atomic E-state index is 12.2. The van der Waals surface area contributed by atoms with Crippen molar-refractivity contribution < 1.29 is 209 Å². The van der Waals surface area contributed by atoms with Crippen LogP contribution in [0.5, 0.6) is 0 Å². The van der Waals surface area contributed by atoms with E-state index in [1.54, 1.807) is 0 Å². The quantitative estimate of drug-likeness (QED) is 0.0280. The van der Waals surface area contributed by atoms with E-state index in [0.717, 1.165) is 0 Å². The number of nitrogens with one attached hydrogen (secondary N) is 7. The Hall–Kier alpha value is -1.96. The van der Waals surface area contributed by atoms with Gasteiger partial charge in [-0.2, -0.15) is 0 Å². The molecule has 49 nitrogen and oxygen atoms in total. The highest BCUT2D eigenvalue weighted by Crippen LogP contribution is 2.39. The Balaban J connectivity index is 1.24. The molecule has 21 rings (SSSR count). The second-order valence-corrected chi connectivity index (χ2v) is 28.7. The first-order valence-electron chi connectivity index (χ1n) is 37.0. The lowest BCUT2D eigenvalue weighted by Crippen LogP contribution is -2.69. The Labute approximate surface area is 640 Å². The van der Waals surface area contributed by atoms with Gasteiger partial charge < -0.3 is 247 Å². The highest BCUT2D eigenvalue weighted by molar-refractivity contribution is 5.04. The van der Waals surface area contributed by atoms with Gasteiger partial charge in [-0.15, -0.1) is 0 Å². The van der Waals surface area contributed by atoms with Crippen LogP contribution in [0.25, 0.3) is 0 Å². The van der Waals surface area contributed by atoms with Crippen molar-refractivity contribution >= 4 is 0 Å². The maximum Gasteiger partial charge on any atom is 0.187 e. The lowest BCUT2D eigenvalue weighted by atomic mass is 9.94. The van der Waals surface area contributed by atoms with Crippen molar-refractivity contribution in [1.82, 2.24) is 37.2 Å². The van der Waals surface area contributed by atoms with E-state index in [1.165, 1.54) is 0 Å². The minimum Gasteiger partial charge on any atom is -0.395 e. The van der Waals surface area contributed by atoms with Gasteiger partial charge in [-0.1, -0.05) is 0 Å². The predicted molar refractivity (Wildman–Crippen MR) is 361 cm³/mol. The smallest absolute Gasteiger partial charge is 0.187 e. The molecule has 0 unspecified atom stereocenters. The van der Waals surface area contributed by atoms with Crippen molar-refractivity contribution in [2.75, 3.05) is 138 Å². The number of rotatable bonds is 35. The predicted octanol–water partition coefficient (Wildman–Crippen LogP) is -22.6. The Morgan fingerprint density at radius 1 is 0.152 bits per heavy atom. The second-order valence-electron chi connectivity index (χ2n) is 28.7. The number of aliphatic hydroxyl groups excluding tert-OH is 28. The molecule has 21 aliphatic rings. The largest absolute Gasteiger partial charge is 0.395 e. The lowest BCUT2D eigenvalue weighted by molar-refractivity contribution is -0.392. The number of hydrogen-bond donors (Lipinski definition) is 35. The molecule has 0 aliphatic carbocycles. The maximum atomic E-state index is 12.2. The Morgan fingerprint density at radius 3 is 0.339 bits per heavy atom. The minimum absolute atomic E-state index is 0.591. The molecule has 0 amide bonds. The van der Waals surface area contributed by atoms with Gasteiger partial charge in [0, 0.05) is 45.8 Å². The molecule has 21 heterocycles. The molecule has 0 aromatic heterocycles. The van der Waals surface area contributed by atoms with Crippen LogP contribution in [0.15, 0.2) is 0 Å². The topological polar surface area (TPSA) is 780 Å². The van der Waals surface area contributed by atoms with Gasteiger partial charge in [-0.05, 0) is 0 Å². The zero-order chi connectivity index (χ0) is 81.9. The Morgan fingerprint density at radius 2 is 0.250 bits per heavy atom. The van der Waals surface area contributed by atoms with E-state index in [4.69, 9.17) is 66.3 Å². The average Bonchev–Trinajstić information content (AvgIpc) is 0.778. The van der Waals surface area contributed by atoms with Gasteiger partial charge >= 0.3 is 0 Å². The molecule has 35 atom stereocenters. The van der Waals surface area contributed by atoms with E-state index in [1.807, 2.05) is 0 Å². The van der Waals surface area contributed by atoms with Crippen LogP contribution < -0.4 is 37.2 Å². The third kappa shape index (κ3) is 23.6. The molecular formula is C63H119N7O42. The zero-order valence-electron chi connectivity index (χ0n) is 60.8. The van der Waals surface area contributed by atoms with Gasteiger partial charge in [-0.25, -0.2) is 0 Å². The van der Waals surface area contributed by atoms with Crippen molar-refractivity contribution in [2.24, 2.45) is 0 Å². The van der Waals surface area contributed by atoms with Gasteiger partial charge in [0.05, 0.1) is 135 Å². The van der Waals surface area contributed by atoms with Crippen LogP contribution >= 0.6 is 0 Å². The van der Waals surface area contributed by atoms with Crippen LogP contribution in [0.2, 0.25) is 0 Å². The molecule has 14 bridgehead atoms. The van der Waals surface area contributed by atoms with Crippen LogP contribution in [0.1, 0.15) is 0 Å². The van der Waals surface area contributed by atoms with E-state index in [0.29, 0.717) is 0 Å². The first-order chi connectivity index (χ1) is 53.7. The number of hydrogen-bond acceptors (Lipinski definition) is 49. The molecule has 0 aromatic rings. The van der Waals surface area contributed by atoms with Crippen LogP contribution in [0.4, 0.5) is 0 Å². The first-order valence-corrected chi connectivity index (χ1v) is 37.0. The molecule has 112 heavy (non-hydrogen) atoms. The summed E-state index contributed by atoms with van der Waals surface area (Å²) >= 11 is 0. The van der Waals surface area contributed by atoms with E-state index in [2.05, 4.69) is 37.2 Å². The summed E-state index contributed by atoms with van der Waals surface area (Å²) in [5, 5.41) is 331. The summed E-state index contributed by atoms with van der Waals surface area (Å²) in [4.78, 5) is 0. The summed E-state index contributed by atoms with van der Waals surface area (Å²) in [6.45, 7) is -14.3. The molecule has 0 spiro atoms. The SMILES string of the molecule is OCC(CO)NC[C@H]1O[C@@H]2O[C@H]3[C@H](O)[C@@H](O)[C@@H](O[C@H]4[C@H](O)[C@@H](O)[C@@H](O[C@H]5[C@H](O)[C@@H](O)[C@@H](O[C@H]6[C@H](O)[C@@H](O)[C@@H](O[C@H]7[C@H](O)[C@@H](O)[C@@H](O[C@H]8[C@H](O)[C@@H](O)[C@@H](O[C@H]1[C@H](O)[C@H]2O)O[C@@H]8CNC(CO)CO)O[C@@H]7CNC(CO)CO)O[C@@H]6CNC(CO)CO)O[C@@H]5CNC(CO)CO)O[C@@H]4CNC(CO)CO)O[C@@H]3CNC(CO)CO. The van der Waals surface area contributed by atoms with Crippen LogP contribution in [0, 0.1) is 0 Å². The molecule has 0 aromatic carbocycles. The Kier molecular flexibility index (Phi) is 39.4. The van der Waals surface area contributed by atoms with Crippen molar-refractivity contribution in [3.05, 3.63) is 0 Å². The minimum atomic E-state index is -2.34. The molecule has 49 heteroatoms. The molecule has 35 N–H and O–H groups in total. The molecule has 658 valence electrons. The van der Waals surface area contributed by atoms with Crippen molar-refractivity contribution in [1.29, 1.82) is 0 Å². The Bertz CT molecular complexity index is 2120. The van der Waals surface area contributed by atoms with Crippen molar-refractivity contribution in [3.63, 3.8) is 0 Å². The number of aliphatic hydroxyl groups is 28. The molecule has 21 saturated heterocycles. The standard InChI is InChI=1S/C63H119N7O42/c71-8-22(9-72)64-1-29-50-36(85)43(92)57(99-29)107-51-30(2-65-23(10-73)11-74)101-59(45(94)38(51)87)109-53-32(4-67-25(14-77)15-78)103-61(47(96)40(53)89)111-55-34(6-69-27(18-81)19-82)105-63(49(98)42(55)91)112-56-35(7-70-28(20-83)21-84)104-62(48(97)41(56)90)110-54-33(5-68-26(16-79)17-80)102-60(46(95)39(54)88)108-52-31(3-66-24(12-75)13-76)100-58(106-50)44(93)37(52)86/h22-98H,1-21H2/t29-,30-,31-,32-,33-,34-,35-,36-,37-,38-,39-,40-,41-,42-,43-,44-,45-,46-,47-,48-,49-,50-,51-,52-,53-,54-,55-,56-,57-,58-,59-,60-,61-,62-,63-/m1/s1. The van der Waals surface area contributed by atoms with E-state index < -0.39 is 396 Å². The second kappa shape index (κ2) is 46.2. The summed E-state index contributed by atoms with van der Waals surface area (Å²) in [7, 11) is 0. The molecule has 21 fully saturated rings. The third-order valence-electron chi connectivity index (χ3n) is 20.9. The summed E-state index contributed by atoms with van der Waals surface area (Å²) < 4.78 is 86.9. The summed E-state index contributed by atoms with van der Waals surface area (Å²) in [6, 6.07) is -8.02. The van der Waals surface area contributed by atoms with E-state index in [9.17, 15) is 143 Å².